The Morgan fingerprint density at radius 1 is 1.25 bits per heavy atom. The van der Waals surface area contributed by atoms with Crippen LogP contribution in [-0.4, -0.2) is 26.0 Å². The minimum atomic E-state index is -1.13. The van der Waals surface area contributed by atoms with Gasteiger partial charge in [0.15, 0.2) is 11.5 Å². The summed E-state index contributed by atoms with van der Waals surface area (Å²) in [7, 11) is 0. The lowest BCUT2D eigenvalue weighted by atomic mass is 10.2. The van der Waals surface area contributed by atoms with Gasteiger partial charge >= 0.3 is 5.97 Å². The molecule has 0 atom stereocenters. The van der Waals surface area contributed by atoms with Gasteiger partial charge in [-0.05, 0) is 12.1 Å². The van der Waals surface area contributed by atoms with Crippen molar-refractivity contribution < 1.29 is 9.90 Å². The minimum absolute atomic E-state index is 0.124. The molecule has 6 nitrogen and oxygen atoms in total. The highest BCUT2D eigenvalue weighted by atomic mass is 16.4. The van der Waals surface area contributed by atoms with Gasteiger partial charge in [-0.1, -0.05) is 0 Å². The van der Waals surface area contributed by atoms with Crippen LogP contribution in [0.2, 0.25) is 0 Å². The number of nitrogens with two attached hydrogens (primary N) is 1. The van der Waals surface area contributed by atoms with E-state index in [1.807, 2.05) is 0 Å². The van der Waals surface area contributed by atoms with Crippen molar-refractivity contribution in [2.24, 2.45) is 0 Å². The maximum Gasteiger partial charge on any atom is 0.354 e. The summed E-state index contributed by atoms with van der Waals surface area (Å²) in [5.74, 6) is -0.733. The minimum Gasteiger partial charge on any atom is -0.477 e. The second-order valence-electron chi connectivity index (χ2n) is 3.04. The summed E-state index contributed by atoms with van der Waals surface area (Å²) >= 11 is 0. The lowest BCUT2D eigenvalue weighted by molar-refractivity contribution is 0.0690. The summed E-state index contributed by atoms with van der Waals surface area (Å²) in [5.41, 5.74) is 6.05. The van der Waals surface area contributed by atoms with Crippen molar-refractivity contribution in [3.8, 4) is 11.4 Å². The molecule has 2 heterocycles. The summed E-state index contributed by atoms with van der Waals surface area (Å²) in [6.45, 7) is 0. The molecule has 2 aromatic rings. The van der Waals surface area contributed by atoms with E-state index in [-0.39, 0.29) is 17.3 Å². The molecule has 16 heavy (non-hydrogen) atoms. The van der Waals surface area contributed by atoms with E-state index in [0.29, 0.717) is 5.56 Å². The number of anilines is 1. The van der Waals surface area contributed by atoms with E-state index < -0.39 is 5.97 Å². The predicted molar refractivity (Wildman–Crippen MR) is 56.6 cm³/mol. The summed E-state index contributed by atoms with van der Waals surface area (Å²) < 4.78 is 0. The van der Waals surface area contributed by atoms with Gasteiger partial charge in [0.05, 0.1) is 0 Å². The monoisotopic (exact) mass is 216 g/mol. The molecule has 0 aliphatic rings. The quantitative estimate of drug-likeness (QED) is 0.770. The van der Waals surface area contributed by atoms with Crippen LogP contribution in [0.1, 0.15) is 10.5 Å². The maximum atomic E-state index is 10.8. The molecule has 0 bridgehead atoms. The third-order valence-corrected chi connectivity index (χ3v) is 1.90. The van der Waals surface area contributed by atoms with E-state index in [2.05, 4.69) is 15.0 Å². The van der Waals surface area contributed by atoms with Gasteiger partial charge in [-0.2, -0.15) is 0 Å². The molecule has 0 spiro atoms. The van der Waals surface area contributed by atoms with Crippen LogP contribution in [0.4, 0.5) is 5.82 Å². The molecule has 80 valence electrons. The predicted octanol–water partition coefficient (Wildman–Crippen LogP) is 0.819. The number of carboxylic acids is 1. The molecule has 0 saturated carbocycles. The normalized spacial score (nSPS) is 10.0. The summed E-state index contributed by atoms with van der Waals surface area (Å²) in [5, 5.41) is 8.82. The summed E-state index contributed by atoms with van der Waals surface area (Å²) in [6, 6.07) is 4.58. The number of hydrogen-bond donors (Lipinski definition) is 2. The van der Waals surface area contributed by atoms with Gasteiger partial charge in [0.2, 0.25) is 0 Å². The van der Waals surface area contributed by atoms with Crippen LogP contribution >= 0.6 is 0 Å². The lowest BCUT2D eigenvalue weighted by Gasteiger charge is -2.02. The van der Waals surface area contributed by atoms with E-state index in [1.165, 1.54) is 6.07 Å². The molecule has 6 heteroatoms. The first kappa shape index (κ1) is 10.0. The first-order valence-corrected chi connectivity index (χ1v) is 4.45. The molecule has 0 aromatic carbocycles. The van der Waals surface area contributed by atoms with Crippen molar-refractivity contribution in [2.75, 3.05) is 5.73 Å². The molecule has 2 aromatic heterocycles. The van der Waals surface area contributed by atoms with Crippen molar-refractivity contribution in [1.82, 2.24) is 15.0 Å². The summed E-state index contributed by atoms with van der Waals surface area (Å²) in [6.07, 6.45) is 3.14. The zero-order valence-corrected chi connectivity index (χ0v) is 8.16. The number of aromatic nitrogens is 3. The Bertz CT molecular complexity index is 528. The van der Waals surface area contributed by atoms with E-state index in [0.717, 1.165) is 0 Å². The molecule has 2 rings (SSSR count). The second kappa shape index (κ2) is 3.93. The molecule has 0 fully saturated rings. The van der Waals surface area contributed by atoms with Crippen LogP contribution in [-0.2, 0) is 0 Å². The van der Waals surface area contributed by atoms with E-state index in [4.69, 9.17) is 10.8 Å². The molecule has 0 aliphatic heterocycles. The number of pyridine rings is 1. The van der Waals surface area contributed by atoms with E-state index >= 15 is 0 Å². The fourth-order valence-corrected chi connectivity index (χ4v) is 1.21. The van der Waals surface area contributed by atoms with Crippen LogP contribution < -0.4 is 5.73 Å². The zero-order valence-electron chi connectivity index (χ0n) is 8.16. The number of carboxylic acid groups (broad SMARTS) is 1. The number of rotatable bonds is 2. The van der Waals surface area contributed by atoms with Gasteiger partial charge in [-0.25, -0.2) is 14.8 Å². The fraction of sp³-hybridized carbons (Fsp3) is 0. The molecule has 0 amide bonds. The van der Waals surface area contributed by atoms with Crippen molar-refractivity contribution in [3.05, 3.63) is 36.3 Å². The first-order chi connectivity index (χ1) is 7.66. The van der Waals surface area contributed by atoms with Crippen LogP contribution in [0.15, 0.2) is 30.6 Å². The van der Waals surface area contributed by atoms with Crippen LogP contribution in [0.3, 0.4) is 0 Å². The van der Waals surface area contributed by atoms with Crippen LogP contribution in [0.25, 0.3) is 11.4 Å². The molecule has 0 aliphatic carbocycles. The topological polar surface area (TPSA) is 102 Å². The zero-order chi connectivity index (χ0) is 11.5. The van der Waals surface area contributed by atoms with Crippen molar-refractivity contribution in [1.29, 1.82) is 0 Å². The van der Waals surface area contributed by atoms with Gasteiger partial charge in [0.1, 0.15) is 5.82 Å². The third kappa shape index (κ3) is 1.95. The Labute approximate surface area is 90.8 Å². The number of carbonyl (C=O) groups is 1. The maximum absolute atomic E-state index is 10.8. The van der Waals surface area contributed by atoms with Gasteiger partial charge in [-0.3, -0.25) is 4.98 Å². The third-order valence-electron chi connectivity index (χ3n) is 1.90. The largest absolute Gasteiger partial charge is 0.477 e. The van der Waals surface area contributed by atoms with Gasteiger partial charge in [-0.15, -0.1) is 0 Å². The highest BCUT2D eigenvalue weighted by Crippen LogP contribution is 2.15. The van der Waals surface area contributed by atoms with E-state index in [1.54, 1.807) is 24.5 Å². The number of nitrogens with zero attached hydrogens (tertiary/aromatic N) is 3. The molecule has 0 unspecified atom stereocenters. The lowest BCUT2D eigenvalue weighted by Crippen LogP contribution is -2.05. The molecular weight excluding hydrogens is 208 g/mol. The van der Waals surface area contributed by atoms with E-state index in [9.17, 15) is 4.79 Å². The van der Waals surface area contributed by atoms with Gasteiger partial charge < -0.3 is 10.8 Å². The average Bonchev–Trinajstić information content (AvgIpc) is 2.29. The highest BCUT2D eigenvalue weighted by molar-refractivity contribution is 5.86. The Balaban J connectivity index is 2.54. The second-order valence-corrected chi connectivity index (χ2v) is 3.04. The van der Waals surface area contributed by atoms with Crippen LogP contribution in [0.5, 0.6) is 0 Å². The smallest absolute Gasteiger partial charge is 0.354 e. The standard InChI is InChI=1S/C10H8N4O2/c11-8-5-7(10(15)16)13-9(14-8)6-1-3-12-4-2-6/h1-5H,(H,15,16)(H2,11,13,14). The SMILES string of the molecule is Nc1cc(C(=O)O)nc(-c2ccncc2)n1. The van der Waals surface area contributed by atoms with Gasteiger partial charge in [0.25, 0.3) is 0 Å². The van der Waals surface area contributed by atoms with Gasteiger partial charge in [0, 0.05) is 24.0 Å². The Hall–Kier alpha value is -2.50. The Morgan fingerprint density at radius 2 is 1.94 bits per heavy atom. The fourth-order valence-electron chi connectivity index (χ4n) is 1.21. The van der Waals surface area contributed by atoms with Crippen molar-refractivity contribution in [3.63, 3.8) is 0 Å². The molecule has 0 radical (unpaired) electrons. The highest BCUT2D eigenvalue weighted by Gasteiger charge is 2.09. The number of nitrogen functional groups attached to an aromatic ring is 1. The first-order valence-electron chi connectivity index (χ1n) is 4.45. The summed E-state index contributed by atoms with van der Waals surface area (Å²) in [4.78, 5) is 22.5. The van der Waals surface area contributed by atoms with Crippen LogP contribution in [0, 0.1) is 0 Å². The molecule has 0 saturated heterocycles. The Kier molecular flexibility index (Phi) is 2.47. The molecular formula is C10H8N4O2. The number of aromatic carboxylic acids is 1. The van der Waals surface area contributed by atoms with Crippen molar-refractivity contribution >= 4 is 11.8 Å². The van der Waals surface area contributed by atoms with Crippen molar-refractivity contribution in [2.45, 2.75) is 0 Å². The molecule has 3 N–H and O–H groups in total. The average molecular weight is 216 g/mol. The number of hydrogen-bond acceptors (Lipinski definition) is 5. The Morgan fingerprint density at radius 3 is 2.56 bits per heavy atom.